The summed E-state index contributed by atoms with van der Waals surface area (Å²) >= 11 is 0. The fourth-order valence-electron chi connectivity index (χ4n) is 2.73. The van der Waals surface area contributed by atoms with E-state index in [1.165, 1.54) is 36.1 Å². The maximum absolute atomic E-state index is 12.1. The molecule has 0 atom stereocenters. The predicted octanol–water partition coefficient (Wildman–Crippen LogP) is 1.82. The van der Waals surface area contributed by atoms with E-state index < -0.39 is 21.0 Å². The minimum absolute atomic E-state index is 0.0565. The average molecular weight is 387 g/mol. The molecule has 3 aromatic rings. The Hall–Kier alpha value is -3.55. The number of anilines is 1. The third-order valence-electron chi connectivity index (χ3n) is 4.01. The number of aromatic nitrogens is 1. The number of carbonyl (C=O) groups excluding carboxylic acids is 1. The van der Waals surface area contributed by atoms with E-state index in [9.17, 15) is 22.9 Å². The van der Waals surface area contributed by atoms with Gasteiger partial charge in [-0.1, -0.05) is 0 Å². The number of ether oxygens (including phenoxy) is 1. The summed E-state index contributed by atoms with van der Waals surface area (Å²) in [5.41, 5.74) is 6.15. The molecule has 27 heavy (non-hydrogen) atoms. The van der Waals surface area contributed by atoms with E-state index in [1.54, 1.807) is 6.07 Å². The number of hydrogen-bond acceptors (Lipinski definition) is 7. The van der Waals surface area contributed by atoms with E-state index in [0.29, 0.717) is 11.1 Å². The van der Waals surface area contributed by atoms with E-state index in [4.69, 9.17) is 15.7 Å². The number of rotatable bonds is 3. The number of aromatic hydroxyl groups is 1. The summed E-state index contributed by atoms with van der Waals surface area (Å²) in [6.07, 6.45) is 1.34. The van der Waals surface area contributed by atoms with Crippen LogP contribution in [0, 0.1) is 11.3 Å². The van der Waals surface area contributed by atoms with Crippen LogP contribution in [0.5, 0.6) is 5.75 Å². The molecule has 3 rings (SSSR count). The van der Waals surface area contributed by atoms with Gasteiger partial charge in [-0.05, 0) is 29.7 Å². The number of benzene rings is 2. The zero-order valence-electron chi connectivity index (χ0n) is 13.9. The first kappa shape index (κ1) is 18.2. The van der Waals surface area contributed by atoms with Crippen LogP contribution in [0.4, 0.5) is 5.69 Å². The van der Waals surface area contributed by atoms with Gasteiger partial charge < -0.3 is 20.1 Å². The van der Waals surface area contributed by atoms with Crippen LogP contribution in [0.25, 0.3) is 16.5 Å². The van der Waals surface area contributed by atoms with Crippen molar-refractivity contribution in [1.82, 2.24) is 4.57 Å². The van der Waals surface area contributed by atoms with Crippen LogP contribution in [0.2, 0.25) is 0 Å². The molecule has 0 bridgehead atoms. The molecule has 0 radical (unpaired) electrons. The summed E-state index contributed by atoms with van der Waals surface area (Å²) < 4.78 is 38.0. The number of nitriles is 1. The first-order valence-corrected chi connectivity index (χ1v) is 8.85. The van der Waals surface area contributed by atoms with Crippen LogP contribution >= 0.6 is 0 Å². The first-order chi connectivity index (χ1) is 12.7. The highest BCUT2D eigenvalue weighted by atomic mass is 32.2. The van der Waals surface area contributed by atoms with Crippen molar-refractivity contribution >= 4 is 32.5 Å². The van der Waals surface area contributed by atoms with Gasteiger partial charge in [0.15, 0.2) is 5.69 Å². The molecule has 0 aliphatic carbocycles. The molecule has 0 spiro atoms. The highest BCUT2D eigenvalue weighted by Gasteiger charge is 2.22. The summed E-state index contributed by atoms with van der Waals surface area (Å²) in [7, 11) is -3.36. The maximum Gasteiger partial charge on any atom is 0.357 e. The van der Waals surface area contributed by atoms with Crippen LogP contribution in [-0.4, -0.2) is 35.7 Å². The smallest absolute Gasteiger partial charge is 0.357 e. The molecule has 1 aromatic heterocycles. The lowest BCUT2D eigenvalue weighted by molar-refractivity contribution is 0.0593. The highest BCUT2D eigenvalue weighted by molar-refractivity contribution is 7.85. The number of nitrogens with two attached hydrogens (primary N) is 1. The minimum atomic E-state index is -4.53. The lowest BCUT2D eigenvalue weighted by Gasteiger charge is -2.11. The lowest BCUT2D eigenvalue weighted by atomic mass is 10.1. The van der Waals surface area contributed by atoms with E-state index in [2.05, 4.69) is 0 Å². The molecular weight excluding hydrogens is 374 g/mol. The Morgan fingerprint density at radius 3 is 2.59 bits per heavy atom. The minimum Gasteiger partial charge on any atom is -0.507 e. The molecule has 0 saturated heterocycles. The number of phenols is 1. The summed E-state index contributed by atoms with van der Waals surface area (Å²) in [5.74, 6) is -1.10. The quantitative estimate of drug-likeness (QED) is 0.454. The Morgan fingerprint density at radius 1 is 1.30 bits per heavy atom. The largest absolute Gasteiger partial charge is 0.507 e. The van der Waals surface area contributed by atoms with Gasteiger partial charge in [-0.3, -0.25) is 4.55 Å². The topological polar surface area (TPSA) is 156 Å². The van der Waals surface area contributed by atoms with E-state index >= 15 is 0 Å². The number of phenolic OH excluding ortho intramolecular Hbond substituents is 1. The van der Waals surface area contributed by atoms with Crippen molar-refractivity contribution in [2.75, 3.05) is 12.8 Å². The molecule has 0 unspecified atom stereocenters. The monoisotopic (exact) mass is 387 g/mol. The molecule has 0 fully saturated rings. The summed E-state index contributed by atoms with van der Waals surface area (Å²) in [4.78, 5) is 11.6. The van der Waals surface area contributed by atoms with Crippen molar-refractivity contribution in [3.05, 3.63) is 47.8 Å². The number of nitrogen functional groups attached to an aromatic ring is 1. The number of hydrogen-bond donors (Lipinski definition) is 3. The van der Waals surface area contributed by atoms with Crippen molar-refractivity contribution in [3.63, 3.8) is 0 Å². The van der Waals surface area contributed by atoms with Gasteiger partial charge in [-0.25, -0.2) is 4.79 Å². The molecule has 1 heterocycles. The Morgan fingerprint density at radius 2 is 2.00 bits per heavy atom. The Balaban J connectivity index is 2.30. The second kappa shape index (κ2) is 6.31. The zero-order chi connectivity index (χ0) is 19.9. The fraction of sp³-hybridized carbons (Fsp3) is 0.0588. The van der Waals surface area contributed by atoms with Crippen LogP contribution in [0.1, 0.15) is 16.1 Å². The van der Waals surface area contributed by atoms with Gasteiger partial charge in [0.2, 0.25) is 0 Å². The number of methoxy groups -OCH3 is 1. The fourth-order valence-corrected chi connectivity index (χ4v) is 3.26. The molecule has 0 aliphatic heterocycles. The van der Waals surface area contributed by atoms with Gasteiger partial charge in [-0.15, -0.1) is 0 Å². The normalized spacial score (nSPS) is 11.3. The molecular formula is C17H13N3O6S. The molecule has 0 aliphatic rings. The van der Waals surface area contributed by atoms with Crippen molar-refractivity contribution < 1.29 is 27.6 Å². The summed E-state index contributed by atoms with van der Waals surface area (Å²) in [5, 5.41) is 19.8. The predicted molar refractivity (Wildman–Crippen MR) is 95.2 cm³/mol. The van der Waals surface area contributed by atoms with Crippen molar-refractivity contribution in [2.24, 2.45) is 0 Å². The van der Waals surface area contributed by atoms with Crippen LogP contribution in [0.3, 0.4) is 0 Å². The standard InChI is InChI=1S/C17H13N3O6S/c1-26-17(22)16-15(19)10(7-18)8-20(16)11-2-3-13-9(4-11)5-12(6-14(13)21)27(23,24)25/h2-6,8,21H,19H2,1H3,(H,23,24,25). The molecule has 4 N–H and O–H groups in total. The SMILES string of the molecule is COC(=O)c1c(N)c(C#N)cn1-c1ccc2c(O)cc(S(=O)(=O)O)cc2c1. The third-order valence-corrected chi connectivity index (χ3v) is 4.84. The molecule has 2 aromatic carbocycles. The van der Waals surface area contributed by atoms with E-state index in [-0.39, 0.29) is 28.1 Å². The van der Waals surface area contributed by atoms with Crippen LogP contribution in [0.15, 0.2) is 41.4 Å². The summed E-state index contributed by atoms with van der Waals surface area (Å²) in [6, 6.07) is 8.48. The van der Waals surface area contributed by atoms with Gasteiger partial charge in [0.25, 0.3) is 10.1 Å². The molecule has 0 saturated carbocycles. The number of carbonyl (C=O) groups is 1. The van der Waals surface area contributed by atoms with E-state index in [0.717, 1.165) is 6.07 Å². The van der Waals surface area contributed by atoms with Crippen LogP contribution in [-0.2, 0) is 14.9 Å². The maximum atomic E-state index is 12.1. The lowest BCUT2D eigenvalue weighted by Crippen LogP contribution is -2.11. The Bertz CT molecular complexity index is 1240. The number of fused-ring (bicyclic) bond motifs is 1. The Labute approximate surface area is 153 Å². The highest BCUT2D eigenvalue weighted by Crippen LogP contribution is 2.32. The van der Waals surface area contributed by atoms with Gasteiger partial charge in [0.1, 0.15) is 11.8 Å². The number of nitrogens with zero attached hydrogens (tertiary/aromatic N) is 2. The molecule has 138 valence electrons. The van der Waals surface area contributed by atoms with E-state index in [1.807, 2.05) is 6.07 Å². The van der Waals surface area contributed by atoms with Crippen molar-refractivity contribution in [3.8, 4) is 17.5 Å². The molecule has 9 nitrogen and oxygen atoms in total. The van der Waals surface area contributed by atoms with Gasteiger partial charge in [0, 0.05) is 23.3 Å². The molecule has 0 amide bonds. The van der Waals surface area contributed by atoms with Gasteiger partial charge in [0.05, 0.1) is 23.3 Å². The zero-order valence-corrected chi connectivity index (χ0v) is 14.7. The average Bonchev–Trinajstić information content (AvgIpc) is 2.96. The molecule has 10 heteroatoms. The van der Waals surface area contributed by atoms with Crippen molar-refractivity contribution in [1.29, 1.82) is 5.26 Å². The number of esters is 1. The van der Waals surface area contributed by atoms with Crippen LogP contribution < -0.4 is 5.73 Å². The summed E-state index contributed by atoms with van der Waals surface area (Å²) in [6.45, 7) is 0. The Kier molecular flexibility index (Phi) is 4.27. The third kappa shape index (κ3) is 3.05. The van der Waals surface area contributed by atoms with Crippen molar-refractivity contribution in [2.45, 2.75) is 4.90 Å². The van der Waals surface area contributed by atoms with Gasteiger partial charge >= 0.3 is 5.97 Å². The first-order valence-electron chi connectivity index (χ1n) is 7.41. The second-order valence-corrected chi connectivity index (χ2v) is 7.02. The van der Waals surface area contributed by atoms with Gasteiger partial charge in [-0.2, -0.15) is 13.7 Å². The second-order valence-electron chi connectivity index (χ2n) is 5.60.